The van der Waals surface area contributed by atoms with Gasteiger partial charge in [-0.1, -0.05) is 30.3 Å². The number of likely N-dealkylation sites (N-methyl/N-ethyl adjacent to an activating group) is 1. The number of benzene rings is 1. The number of hydrogen-bond acceptors (Lipinski definition) is 4. The molecule has 1 N–H and O–H groups in total. The SMILES string of the molecule is CN1CCN(C(=O)c2cc3c([nH]c2=O)CCC3)C(Cc2ccc(-c3cccs3)cc2)C1=O. The summed E-state index contributed by atoms with van der Waals surface area (Å²) in [7, 11) is 1.76. The van der Waals surface area contributed by atoms with E-state index in [2.05, 4.69) is 23.2 Å². The molecular weight excluding hydrogens is 422 g/mol. The van der Waals surface area contributed by atoms with E-state index in [9.17, 15) is 14.4 Å². The zero-order valence-corrected chi connectivity index (χ0v) is 18.8. The smallest absolute Gasteiger partial charge is 0.261 e. The van der Waals surface area contributed by atoms with Crippen molar-refractivity contribution in [3.05, 3.63) is 80.6 Å². The number of fused-ring (bicyclic) bond motifs is 1. The minimum Gasteiger partial charge on any atom is -0.342 e. The quantitative estimate of drug-likeness (QED) is 0.668. The molecule has 3 aromatic rings. The number of carbonyl (C=O) groups excluding carboxylic acids is 2. The molecule has 32 heavy (non-hydrogen) atoms. The maximum absolute atomic E-state index is 13.4. The molecule has 7 heteroatoms. The fourth-order valence-corrected chi connectivity index (χ4v) is 5.38. The van der Waals surface area contributed by atoms with Crippen LogP contribution in [-0.2, 0) is 24.1 Å². The Bertz CT molecular complexity index is 1210. The van der Waals surface area contributed by atoms with Gasteiger partial charge in [0.05, 0.1) is 0 Å². The number of pyridine rings is 1. The Balaban J connectivity index is 1.42. The van der Waals surface area contributed by atoms with Crippen LogP contribution in [0.4, 0.5) is 0 Å². The summed E-state index contributed by atoms with van der Waals surface area (Å²) in [5, 5.41) is 2.05. The Morgan fingerprint density at radius 3 is 2.69 bits per heavy atom. The first-order chi connectivity index (χ1) is 15.5. The van der Waals surface area contributed by atoms with Gasteiger partial charge in [0.2, 0.25) is 5.91 Å². The largest absolute Gasteiger partial charge is 0.342 e. The predicted molar refractivity (Wildman–Crippen MR) is 125 cm³/mol. The highest BCUT2D eigenvalue weighted by molar-refractivity contribution is 7.13. The number of amides is 2. The van der Waals surface area contributed by atoms with Crippen LogP contribution in [0.1, 0.15) is 33.6 Å². The molecule has 3 heterocycles. The minimum atomic E-state index is -0.624. The lowest BCUT2D eigenvalue weighted by Crippen LogP contribution is -2.58. The van der Waals surface area contributed by atoms with Crippen molar-refractivity contribution < 1.29 is 9.59 Å². The summed E-state index contributed by atoms with van der Waals surface area (Å²) in [6.45, 7) is 0.872. The molecule has 1 aliphatic heterocycles. The number of H-pyrrole nitrogens is 1. The van der Waals surface area contributed by atoms with Crippen LogP contribution in [0.2, 0.25) is 0 Å². The van der Waals surface area contributed by atoms with E-state index in [4.69, 9.17) is 0 Å². The van der Waals surface area contributed by atoms with Crippen molar-refractivity contribution in [1.82, 2.24) is 14.8 Å². The summed E-state index contributed by atoms with van der Waals surface area (Å²) < 4.78 is 0. The van der Waals surface area contributed by atoms with Crippen molar-refractivity contribution in [2.45, 2.75) is 31.7 Å². The van der Waals surface area contributed by atoms with Crippen LogP contribution in [-0.4, -0.2) is 52.8 Å². The predicted octanol–water partition coefficient (Wildman–Crippen LogP) is 3.12. The number of rotatable bonds is 4. The molecule has 164 valence electrons. The van der Waals surface area contributed by atoms with Gasteiger partial charge in [-0.2, -0.15) is 0 Å². The Kier molecular flexibility index (Phi) is 5.43. The fraction of sp³-hybridized carbons (Fsp3) is 0.320. The second-order valence-corrected chi connectivity index (χ2v) is 9.47. The third-order valence-electron chi connectivity index (χ3n) is 6.48. The van der Waals surface area contributed by atoms with E-state index >= 15 is 0 Å². The lowest BCUT2D eigenvalue weighted by Gasteiger charge is -2.39. The van der Waals surface area contributed by atoms with Gasteiger partial charge in [-0.15, -0.1) is 11.3 Å². The number of thiophene rings is 1. The maximum atomic E-state index is 13.4. The molecule has 1 fully saturated rings. The Morgan fingerprint density at radius 1 is 1.12 bits per heavy atom. The second kappa shape index (κ2) is 8.39. The minimum absolute atomic E-state index is 0.0930. The van der Waals surface area contributed by atoms with Crippen LogP contribution in [0.25, 0.3) is 10.4 Å². The van der Waals surface area contributed by atoms with Crippen molar-refractivity contribution in [1.29, 1.82) is 0 Å². The summed E-state index contributed by atoms with van der Waals surface area (Å²) in [6, 6.07) is 13.3. The molecule has 1 saturated heterocycles. The lowest BCUT2D eigenvalue weighted by atomic mass is 9.99. The van der Waals surface area contributed by atoms with E-state index < -0.39 is 6.04 Å². The Labute approximate surface area is 190 Å². The van der Waals surface area contributed by atoms with Crippen molar-refractivity contribution in [2.75, 3.05) is 20.1 Å². The van der Waals surface area contributed by atoms with Gasteiger partial charge in [-0.25, -0.2) is 0 Å². The molecule has 1 aromatic carbocycles. The van der Waals surface area contributed by atoms with Crippen molar-refractivity contribution in [3.8, 4) is 10.4 Å². The Hall–Kier alpha value is -3.19. The zero-order valence-electron chi connectivity index (χ0n) is 18.0. The number of carbonyl (C=O) groups is 2. The van der Waals surface area contributed by atoms with Gasteiger partial charge < -0.3 is 14.8 Å². The van der Waals surface area contributed by atoms with Gasteiger partial charge in [-0.05, 0) is 53.5 Å². The highest BCUT2D eigenvalue weighted by Crippen LogP contribution is 2.26. The van der Waals surface area contributed by atoms with E-state index in [0.29, 0.717) is 19.5 Å². The van der Waals surface area contributed by atoms with Crippen LogP contribution < -0.4 is 5.56 Å². The maximum Gasteiger partial charge on any atom is 0.261 e. The molecule has 2 aromatic heterocycles. The molecule has 1 unspecified atom stereocenters. The van der Waals surface area contributed by atoms with Crippen LogP contribution in [0, 0.1) is 0 Å². The van der Waals surface area contributed by atoms with Crippen molar-refractivity contribution in [3.63, 3.8) is 0 Å². The van der Waals surface area contributed by atoms with E-state index in [1.54, 1.807) is 34.3 Å². The Morgan fingerprint density at radius 2 is 1.94 bits per heavy atom. The van der Waals surface area contributed by atoms with E-state index in [-0.39, 0.29) is 22.9 Å². The van der Waals surface area contributed by atoms with Gasteiger partial charge in [0.25, 0.3) is 11.5 Å². The van der Waals surface area contributed by atoms with Crippen LogP contribution >= 0.6 is 11.3 Å². The number of piperazine rings is 1. The van der Waals surface area contributed by atoms with Crippen LogP contribution in [0.5, 0.6) is 0 Å². The molecule has 6 nitrogen and oxygen atoms in total. The number of hydrogen-bond donors (Lipinski definition) is 1. The molecule has 5 rings (SSSR count). The van der Waals surface area contributed by atoms with Crippen molar-refractivity contribution >= 4 is 23.2 Å². The van der Waals surface area contributed by atoms with Crippen molar-refractivity contribution in [2.24, 2.45) is 0 Å². The molecular formula is C25H25N3O3S. The summed E-state index contributed by atoms with van der Waals surface area (Å²) in [6.07, 6.45) is 3.12. The van der Waals surface area contributed by atoms with Gasteiger partial charge in [-0.3, -0.25) is 14.4 Å². The monoisotopic (exact) mass is 447 g/mol. The van der Waals surface area contributed by atoms with Gasteiger partial charge in [0.1, 0.15) is 11.6 Å². The summed E-state index contributed by atoms with van der Waals surface area (Å²) in [4.78, 5) is 46.4. The standard InChI is InChI=1S/C25H25N3O3S/c1-27-11-12-28(24(30)19-15-18-4-2-5-20(18)26-23(19)29)21(25(27)31)14-16-7-9-17(10-8-16)22-6-3-13-32-22/h3,6-10,13,15,21H,2,4-5,11-12,14H2,1H3,(H,26,29). The zero-order chi connectivity index (χ0) is 22.2. The van der Waals surface area contributed by atoms with Crippen LogP contribution in [0.3, 0.4) is 0 Å². The highest BCUT2D eigenvalue weighted by atomic mass is 32.1. The molecule has 2 aliphatic rings. The number of nitrogens with zero attached hydrogens (tertiary/aromatic N) is 2. The summed E-state index contributed by atoms with van der Waals surface area (Å²) >= 11 is 1.68. The average Bonchev–Trinajstić information content (AvgIpc) is 3.48. The normalized spacial score (nSPS) is 18.2. The molecule has 0 radical (unpaired) electrons. The summed E-state index contributed by atoms with van der Waals surface area (Å²) in [5.74, 6) is -0.452. The lowest BCUT2D eigenvalue weighted by molar-refractivity contribution is -0.138. The number of nitrogens with one attached hydrogen (secondary N) is 1. The van der Waals surface area contributed by atoms with Gasteiger partial charge in [0, 0.05) is 37.1 Å². The van der Waals surface area contributed by atoms with E-state index in [1.807, 2.05) is 23.6 Å². The molecule has 0 saturated carbocycles. The first kappa shape index (κ1) is 20.7. The number of aromatic amines is 1. The summed E-state index contributed by atoms with van der Waals surface area (Å²) in [5.41, 5.74) is 3.87. The van der Waals surface area contributed by atoms with E-state index in [1.165, 1.54) is 4.88 Å². The topological polar surface area (TPSA) is 73.5 Å². The third kappa shape index (κ3) is 3.77. The molecule has 0 spiro atoms. The molecule has 0 bridgehead atoms. The van der Waals surface area contributed by atoms with Gasteiger partial charge >= 0.3 is 0 Å². The molecule has 1 atom stereocenters. The first-order valence-electron chi connectivity index (χ1n) is 10.9. The molecule has 2 amide bonds. The first-order valence-corrected chi connectivity index (χ1v) is 11.8. The second-order valence-electron chi connectivity index (χ2n) is 8.52. The van der Waals surface area contributed by atoms with Crippen LogP contribution in [0.15, 0.2) is 52.6 Å². The third-order valence-corrected chi connectivity index (χ3v) is 7.40. The average molecular weight is 448 g/mol. The highest BCUT2D eigenvalue weighted by Gasteiger charge is 2.37. The van der Waals surface area contributed by atoms with E-state index in [0.717, 1.165) is 41.6 Å². The fourth-order valence-electron chi connectivity index (χ4n) is 4.65. The van der Waals surface area contributed by atoms with Gasteiger partial charge in [0.15, 0.2) is 0 Å². The molecule has 1 aliphatic carbocycles. The number of aryl methyl sites for hydroxylation is 2. The number of aromatic nitrogens is 1.